The van der Waals surface area contributed by atoms with Crippen molar-refractivity contribution in [1.29, 1.82) is 0 Å². The van der Waals surface area contributed by atoms with E-state index in [4.69, 9.17) is 4.74 Å². The Morgan fingerprint density at radius 1 is 1.44 bits per heavy atom. The van der Waals surface area contributed by atoms with Gasteiger partial charge in [0.2, 0.25) is 0 Å². The Labute approximate surface area is 144 Å². The minimum atomic E-state index is -4.42. The first kappa shape index (κ1) is 18.0. The standard InChI is InChI=1S/C16H23F3N4O2/c1-22(15(24)20-6-11-4-5-25-10-11)7-12-2-3-14-21-13(16(17,18)19)9-23(14)8-12/h9,11-12H,2-8,10H2,1H3,(H,20,24)/t11-,12-/m0/s1. The average Bonchev–Trinajstić information content (AvgIpc) is 3.20. The van der Waals surface area contributed by atoms with Crippen LogP contribution in [0.15, 0.2) is 6.20 Å². The molecule has 2 amide bonds. The number of imidazole rings is 1. The van der Waals surface area contributed by atoms with Gasteiger partial charge in [0.1, 0.15) is 5.82 Å². The molecule has 1 aromatic rings. The number of carbonyl (C=O) groups excluding carboxylic acids is 1. The molecule has 1 fully saturated rings. The van der Waals surface area contributed by atoms with Crippen LogP contribution in [0.4, 0.5) is 18.0 Å². The van der Waals surface area contributed by atoms with E-state index in [0.29, 0.717) is 44.4 Å². The summed E-state index contributed by atoms with van der Waals surface area (Å²) >= 11 is 0. The Hall–Kier alpha value is -1.77. The van der Waals surface area contributed by atoms with E-state index in [1.165, 1.54) is 0 Å². The molecule has 0 aliphatic carbocycles. The molecule has 2 aliphatic heterocycles. The van der Waals surface area contributed by atoms with Crippen LogP contribution in [0.25, 0.3) is 0 Å². The van der Waals surface area contributed by atoms with Crippen molar-refractivity contribution < 1.29 is 22.7 Å². The lowest BCUT2D eigenvalue weighted by Gasteiger charge is -2.28. The highest BCUT2D eigenvalue weighted by molar-refractivity contribution is 5.73. The van der Waals surface area contributed by atoms with Crippen LogP contribution in [-0.2, 0) is 23.9 Å². The van der Waals surface area contributed by atoms with Crippen LogP contribution in [0.3, 0.4) is 0 Å². The zero-order valence-electron chi connectivity index (χ0n) is 14.2. The quantitative estimate of drug-likeness (QED) is 0.895. The SMILES string of the molecule is CN(C[C@@H]1CCc2nc(C(F)(F)F)cn2C1)C(=O)NC[C@@H]1CCOC1. The maximum Gasteiger partial charge on any atom is 0.434 e. The summed E-state index contributed by atoms with van der Waals surface area (Å²) in [7, 11) is 1.71. The Balaban J connectivity index is 1.50. The molecule has 1 N–H and O–H groups in total. The van der Waals surface area contributed by atoms with Gasteiger partial charge >= 0.3 is 12.2 Å². The number of nitrogens with one attached hydrogen (secondary N) is 1. The summed E-state index contributed by atoms with van der Waals surface area (Å²) in [6.07, 6.45) is -1.17. The van der Waals surface area contributed by atoms with Crippen molar-refractivity contribution in [3.8, 4) is 0 Å². The van der Waals surface area contributed by atoms with Crippen molar-refractivity contribution in [2.75, 3.05) is 33.4 Å². The predicted octanol–water partition coefficient (Wildman–Crippen LogP) is 2.14. The maximum absolute atomic E-state index is 12.8. The lowest BCUT2D eigenvalue weighted by atomic mass is 9.99. The smallest absolute Gasteiger partial charge is 0.381 e. The topological polar surface area (TPSA) is 59.4 Å². The van der Waals surface area contributed by atoms with Gasteiger partial charge < -0.3 is 19.5 Å². The van der Waals surface area contributed by atoms with Crippen LogP contribution < -0.4 is 5.32 Å². The van der Waals surface area contributed by atoms with E-state index in [0.717, 1.165) is 25.6 Å². The zero-order valence-corrected chi connectivity index (χ0v) is 14.2. The number of amides is 2. The monoisotopic (exact) mass is 360 g/mol. The van der Waals surface area contributed by atoms with E-state index in [9.17, 15) is 18.0 Å². The molecule has 1 saturated heterocycles. The Bertz CT molecular complexity index is 611. The number of nitrogens with zero attached hydrogens (tertiary/aromatic N) is 3. The number of urea groups is 1. The van der Waals surface area contributed by atoms with E-state index in [1.807, 2.05) is 0 Å². The first-order valence-electron chi connectivity index (χ1n) is 8.53. The fraction of sp³-hybridized carbons (Fsp3) is 0.750. The zero-order chi connectivity index (χ0) is 18.0. The largest absolute Gasteiger partial charge is 0.434 e. The van der Waals surface area contributed by atoms with Gasteiger partial charge in [0.25, 0.3) is 0 Å². The number of fused-ring (bicyclic) bond motifs is 1. The number of aromatic nitrogens is 2. The second kappa shape index (κ2) is 7.23. The molecular weight excluding hydrogens is 337 g/mol. The van der Waals surface area contributed by atoms with Gasteiger partial charge in [0, 0.05) is 51.8 Å². The summed E-state index contributed by atoms with van der Waals surface area (Å²) in [5, 5.41) is 2.90. The van der Waals surface area contributed by atoms with Crippen molar-refractivity contribution in [3.63, 3.8) is 0 Å². The van der Waals surface area contributed by atoms with Gasteiger partial charge in [-0.25, -0.2) is 9.78 Å². The second-order valence-corrected chi connectivity index (χ2v) is 6.89. The van der Waals surface area contributed by atoms with Crippen molar-refractivity contribution >= 4 is 6.03 Å². The number of ether oxygens (including phenoxy) is 1. The third kappa shape index (κ3) is 4.45. The van der Waals surface area contributed by atoms with Crippen LogP contribution >= 0.6 is 0 Å². The van der Waals surface area contributed by atoms with E-state index in [-0.39, 0.29) is 11.9 Å². The molecule has 25 heavy (non-hydrogen) atoms. The molecule has 140 valence electrons. The highest BCUT2D eigenvalue weighted by Crippen LogP contribution is 2.30. The molecule has 6 nitrogen and oxygen atoms in total. The first-order chi connectivity index (χ1) is 11.8. The lowest BCUT2D eigenvalue weighted by Crippen LogP contribution is -2.43. The van der Waals surface area contributed by atoms with Crippen LogP contribution in [0, 0.1) is 11.8 Å². The average molecular weight is 360 g/mol. The highest BCUT2D eigenvalue weighted by Gasteiger charge is 2.36. The van der Waals surface area contributed by atoms with Crippen molar-refractivity contribution in [1.82, 2.24) is 19.8 Å². The molecule has 0 bridgehead atoms. The molecule has 0 radical (unpaired) electrons. The number of alkyl halides is 3. The molecule has 3 heterocycles. The number of aryl methyl sites for hydroxylation is 1. The summed E-state index contributed by atoms with van der Waals surface area (Å²) in [6, 6.07) is -0.153. The second-order valence-electron chi connectivity index (χ2n) is 6.89. The van der Waals surface area contributed by atoms with Crippen LogP contribution in [-0.4, -0.2) is 53.8 Å². The minimum Gasteiger partial charge on any atom is -0.381 e. The number of halogens is 3. The molecule has 9 heteroatoms. The fourth-order valence-electron chi connectivity index (χ4n) is 3.38. The van der Waals surface area contributed by atoms with Crippen LogP contribution in [0.2, 0.25) is 0 Å². The minimum absolute atomic E-state index is 0.119. The molecule has 1 aromatic heterocycles. The van der Waals surface area contributed by atoms with Gasteiger partial charge in [-0.2, -0.15) is 13.2 Å². The molecule has 2 aliphatic rings. The van der Waals surface area contributed by atoms with Gasteiger partial charge in [0.05, 0.1) is 6.61 Å². The van der Waals surface area contributed by atoms with E-state index in [2.05, 4.69) is 10.3 Å². The van der Waals surface area contributed by atoms with Gasteiger partial charge in [-0.1, -0.05) is 0 Å². The number of hydrogen-bond donors (Lipinski definition) is 1. The molecule has 2 atom stereocenters. The van der Waals surface area contributed by atoms with Crippen molar-refractivity contribution in [3.05, 3.63) is 17.7 Å². The fourth-order valence-corrected chi connectivity index (χ4v) is 3.38. The van der Waals surface area contributed by atoms with E-state index >= 15 is 0 Å². The summed E-state index contributed by atoms with van der Waals surface area (Å²) < 4.78 is 45.1. The summed E-state index contributed by atoms with van der Waals surface area (Å²) in [6.45, 7) is 2.97. The molecule has 3 rings (SSSR count). The molecular formula is C16H23F3N4O2. The third-order valence-corrected chi connectivity index (χ3v) is 4.83. The molecule has 0 spiro atoms. The van der Waals surface area contributed by atoms with Crippen LogP contribution in [0.1, 0.15) is 24.4 Å². The number of hydrogen-bond acceptors (Lipinski definition) is 3. The number of carbonyl (C=O) groups is 1. The van der Waals surface area contributed by atoms with Gasteiger partial charge in [0.15, 0.2) is 5.69 Å². The molecule has 0 saturated carbocycles. The highest BCUT2D eigenvalue weighted by atomic mass is 19.4. The normalized spacial score (nSPS) is 23.4. The summed E-state index contributed by atoms with van der Waals surface area (Å²) in [4.78, 5) is 17.4. The predicted molar refractivity (Wildman–Crippen MR) is 84.0 cm³/mol. The molecule has 0 aromatic carbocycles. The lowest BCUT2D eigenvalue weighted by molar-refractivity contribution is -0.141. The van der Waals surface area contributed by atoms with Gasteiger partial charge in [-0.15, -0.1) is 0 Å². The van der Waals surface area contributed by atoms with E-state index in [1.54, 1.807) is 16.5 Å². The van der Waals surface area contributed by atoms with E-state index < -0.39 is 11.9 Å². The van der Waals surface area contributed by atoms with Gasteiger partial charge in [-0.05, 0) is 18.8 Å². The Kier molecular flexibility index (Phi) is 5.21. The van der Waals surface area contributed by atoms with Crippen molar-refractivity contribution in [2.45, 2.75) is 32.0 Å². The third-order valence-electron chi connectivity index (χ3n) is 4.83. The maximum atomic E-state index is 12.8. The Morgan fingerprint density at radius 2 is 2.24 bits per heavy atom. The van der Waals surface area contributed by atoms with Crippen molar-refractivity contribution in [2.24, 2.45) is 11.8 Å². The Morgan fingerprint density at radius 3 is 2.92 bits per heavy atom. The molecule has 0 unspecified atom stereocenters. The van der Waals surface area contributed by atoms with Crippen LogP contribution in [0.5, 0.6) is 0 Å². The van der Waals surface area contributed by atoms with Gasteiger partial charge in [-0.3, -0.25) is 0 Å². The summed E-state index contributed by atoms with van der Waals surface area (Å²) in [5.74, 6) is 0.951. The first-order valence-corrected chi connectivity index (χ1v) is 8.53. The summed E-state index contributed by atoms with van der Waals surface area (Å²) in [5.41, 5.74) is -0.840. The number of rotatable bonds is 4.